The smallest absolute Gasteiger partial charge is 0.353 e. The fraction of sp³-hybridized carbons (Fsp3) is 0.667. The molecule has 1 unspecified atom stereocenters. The van der Waals surface area contributed by atoms with Gasteiger partial charge in [0.05, 0.1) is 7.11 Å². The zero-order valence-electron chi connectivity index (χ0n) is 5.88. The molecule has 1 aliphatic heterocycles. The fourth-order valence-corrected chi connectivity index (χ4v) is 0.674. The van der Waals surface area contributed by atoms with Crippen molar-refractivity contribution >= 4 is 12.2 Å². The minimum Gasteiger partial charge on any atom is -0.466 e. The van der Waals surface area contributed by atoms with Crippen molar-refractivity contribution in [2.45, 2.75) is 18.9 Å². The van der Waals surface area contributed by atoms with E-state index < -0.39 is 11.6 Å². The Balaban J connectivity index is 2.61. The standard InChI is InChI=1S/C6H8NO3/c1-6(5(8)9-2)3-4-7-10-6/h3H2,1-2H3. The summed E-state index contributed by atoms with van der Waals surface area (Å²) in [5.74, 6) is -0.416. The zero-order valence-corrected chi connectivity index (χ0v) is 5.88. The van der Waals surface area contributed by atoms with Gasteiger partial charge in [0.1, 0.15) is 6.21 Å². The molecule has 0 aliphatic carbocycles. The first kappa shape index (κ1) is 7.05. The van der Waals surface area contributed by atoms with Gasteiger partial charge in [-0.15, -0.1) is 0 Å². The molecule has 0 fully saturated rings. The first-order valence-corrected chi connectivity index (χ1v) is 2.88. The third-order valence-corrected chi connectivity index (χ3v) is 1.35. The monoisotopic (exact) mass is 142 g/mol. The van der Waals surface area contributed by atoms with Crippen molar-refractivity contribution in [3.8, 4) is 0 Å². The van der Waals surface area contributed by atoms with Crippen LogP contribution in [0.15, 0.2) is 5.16 Å². The Morgan fingerprint density at radius 2 is 2.60 bits per heavy atom. The molecular formula is C6H8NO3. The molecule has 0 aromatic heterocycles. The summed E-state index contributed by atoms with van der Waals surface area (Å²) < 4.78 is 4.47. The fourth-order valence-electron chi connectivity index (χ4n) is 0.674. The lowest BCUT2D eigenvalue weighted by molar-refractivity contribution is -0.164. The molecule has 0 amide bonds. The topological polar surface area (TPSA) is 47.9 Å². The number of esters is 1. The van der Waals surface area contributed by atoms with Crippen LogP contribution >= 0.6 is 0 Å². The van der Waals surface area contributed by atoms with Crippen LogP contribution in [-0.2, 0) is 14.4 Å². The molecule has 0 saturated heterocycles. The van der Waals surface area contributed by atoms with Crippen LogP contribution in [0.1, 0.15) is 13.3 Å². The molecule has 0 saturated carbocycles. The van der Waals surface area contributed by atoms with Gasteiger partial charge in [-0.1, -0.05) is 5.16 Å². The SMILES string of the molecule is COC(=O)C1(C)C[C]=NO1. The Bertz CT molecular complexity index is 168. The molecule has 1 radical (unpaired) electrons. The summed E-state index contributed by atoms with van der Waals surface area (Å²) >= 11 is 0. The zero-order chi connectivity index (χ0) is 7.61. The van der Waals surface area contributed by atoms with Crippen LogP contribution < -0.4 is 0 Å². The van der Waals surface area contributed by atoms with Crippen LogP contribution in [-0.4, -0.2) is 24.9 Å². The Morgan fingerprint density at radius 3 is 3.00 bits per heavy atom. The predicted molar refractivity (Wildman–Crippen MR) is 33.6 cm³/mol. The maximum atomic E-state index is 10.9. The summed E-state index contributed by atoms with van der Waals surface area (Å²) in [6, 6.07) is 0. The average Bonchev–Trinajstić information content (AvgIpc) is 2.36. The number of hydrogen-bond donors (Lipinski definition) is 0. The second-order valence-corrected chi connectivity index (χ2v) is 2.24. The molecule has 55 valence electrons. The highest BCUT2D eigenvalue weighted by atomic mass is 16.7. The quantitative estimate of drug-likeness (QED) is 0.491. The molecule has 10 heavy (non-hydrogen) atoms. The highest BCUT2D eigenvalue weighted by Crippen LogP contribution is 2.20. The van der Waals surface area contributed by atoms with Crippen molar-refractivity contribution in [3.63, 3.8) is 0 Å². The van der Waals surface area contributed by atoms with Gasteiger partial charge in [0.2, 0.25) is 5.60 Å². The van der Waals surface area contributed by atoms with Gasteiger partial charge >= 0.3 is 5.97 Å². The summed E-state index contributed by atoms with van der Waals surface area (Å²) in [6.45, 7) is 1.61. The van der Waals surface area contributed by atoms with Gasteiger partial charge in [0, 0.05) is 6.42 Å². The summed E-state index contributed by atoms with van der Waals surface area (Å²) in [7, 11) is 1.31. The summed E-state index contributed by atoms with van der Waals surface area (Å²) in [4.78, 5) is 15.6. The van der Waals surface area contributed by atoms with Crippen LogP contribution in [0, 0.1) is 0 Å². The number of carbonyl (C=O) groups excluding carboxylic acids is 1. The van der Waals surface area contributed by atoms with E-state index in [-0.39, 0.29) is 0 Å². The molecular weight excluding hydrogens is 134 g/mol. The van der Waals surface area contributed by atoms with Gasteiger partial charge < -0.3 is 9.57 Å². The van der Waals surface area contributed by atoms with Crippen molar-refractivity contribution < 1.29 is 14.4 Å². The normalized spacial score (nSPS) is 29.8. The molecule has 0 aromatic carbocycles. The van der Waals surface area contributed by atoms with Crippen molar-refractivity contribution in [3.05, 3.63) is 0 Å². The lowest BCUT2D eigenvalue weighted by atomic mass is 10.1. The van der Waals surface area contributed by atoms with Gasteiger partial charge in [-0.2, -0.15) is 0 Å². The molecule has 0 N–H and O–H groups in total. The van der Waals surface area contributed by atoms with E-state index in [0.29, 0.717) is 6.42 Å². The van der Waals surface area contributed by atoms with E-state index in [2.05, 4.69) is 16.1 Å². The van der Waals surface area contributed by atoms with Crippen LogP contribution in [0.25, 0.3) is 0 Å². The Hall–Kier alpha value is -1.06. The van der Waals surface area contributed by atoms with Gasteiger partial charge in [-0.25, -0.2) is 4.79 Å². The molecule has 4 nitrogen and oxygen atoms in total. The minimum atomic E-state index is -0.936. The minimum absolute atomic E-state index is 0.361. The predicted octanol–water partition coefficient (Wildman–Crippen LogP) is 0.201. The van der Waals surface area contributed by atoms with Crippen LogP contribution in [0.3, 0.4) is 0 Å². The number of rotatable bonds is 1. The summed E-state index contributed by atoms with van der Waals surface area (Å²) in [6.07, 6.45) is 2.89. The van der Waals surface area contributed by atoms with Crippen LogP contribution in [0.2, 0.25) is 0 Å². The highest BCUT2D eigenvalue weighted by molar-refractivity contribution is 5.84. The van der Waals surface area contributed by atoms with E-state index in [1.807, 2.05) is 0 Å². The maximum Gasteiger partial charge on any atom is 0.353 e. The molecule has 0 spiro atoms. The second-order valence-electron chi connectivity index (χ2n) is 2.24. The Kier molecular flexibility index (Phi) is 1.61. The first-order valence-electron chi connectivity index (χ1n) is 2.88. The molecule has 1 heterocycles. The van der Waals surface area contributed by atoms with Gasteiger partial charge in [0.15, 0.2) is 0 Å². The largest absolute Gasteiger partial charge is 0.466 e. The summed E-state index contributed by atoms with van der Waals surface area (Å²) in [5.41, 5.74) is -0.936. The van der Waals surface area contributed by atoms with Gasteiger partial charge in [-0.05, 0) is 6.92 Å². The molecule has 4 heteroatoms. The lowest BCUT2D eigenvalue weighted by Crippen LogP contribution is -2.35. The third kappa shape index (κ3) is 0.964. The average molecular weight is 142 g/mol. The summed E-state index contributed by atoms with van der Waals surface area (Å²) in [5, 5.41) is 3.35. The van der Waals surface area contributed by atoms with E-state index in [0.717, 1.165) is 0 Å². The van der Waals surface area contributed by atoms with E-state index in [1.165, 1.54) is 7.11 Å². The second kappa shape index (κ2) is 2.28. The molecule has 1 atom stereocenters. The van der Waals surface area contributed by atoms with Crippen molar-refractivity contribution in [1.29, 1.82) is 0 Å². The lowest BCUT2D eigenvalue weighted by Gasteiger charge is -2.16. The van der Waals surface area contributed by atoms with E-state index in [9.17, 15) is 4.79 Å². The molecule has 1 aliphatic rings. The van der Waals surface area contributed by atoms with E-state index in [1.54, 1.807) is 6.92 Å². The first-order chi connectivity index (χ1) is 4.69. The van der Waals surface area contributed by atoms with Crippen LogP contribution in [0.5, 0.6) is 0 Å². The van der Waals surface area contributed by atoms with Crippen molar-refractivity contribution in [1.82, 2.24) is 0 Å². The van der Waals surface area contributed by atoms with E-state index in [4.69, 9.17) is 4.84 Å². The third-order valence-electron chi connectivity index (χ3n) is 1.35. The number of methoxy groups -OCH3 is 1. The number of hydrogen-bond acceptors (Lipinski definition) is 4. The Labute approximate surface area is 58.8 Å². The number of nitrogens with zero attached hydrogens (tertiary/aromatic N) is 1. The highest BCUT2D eigenvalue weighted by Gasteiger charge is 2.39. The van der Waals surface area contributed by atoms with Gasteiger partial charge in [-0.3, -0.25) is 0 Å². The van der Waals surface area contributed by atoms with E-state index >= 15 is 0 Å². The Morgan fingerprint density at radius 1 is 1.90 bits per heavy atom. The molecule has 0 aromatic rings. The van der Waals surface area contributed by atoms with Crippen molar-refractivity contribution in [2.75, 3.05) is 7.11 Å². The molecule has 1 rings (SSSR count). The number of ether oxygens (including phenoxy) is 1. The van der Waals surface area contributed by atoms with Gasteiger partial charge in [0.25, 0.3) is 0 Å². The van der Waals surface area contributed by atoms with Crippen molar-refractivity contribution in [2.24, 2.45) is 5.16 Å². The number of carbonyl (C=O) groups is 1. The molecule has 0 bridgehead atoms. The van der Waals surface area contributed by atoms with Crippen LogP contribution in [0.4, 0.5) is 0 Å². The maximum absolute atomic E-state index is 10.9.